The van der Waals surface area contributed by atoms with Gasteiger partial charge in [0.25, 0.3) is 5.91 Å². The minimum atomic E-state index is -0.353. The Labute approximate surface area is 103 Å². The van der Waals surface area contributed by atoms with Crippen molar-refractivity contribution in [2.45, 2.75) is 12.5 Å². The highest BCUT2D eigenvalue weighted by atomic mass is 35.5. The van der Waals surface area contributed by atoms with Crippen LogP contribution >= 0.6 is 11.6 Å². The molecule has 17 heavy (non-hydrogen) atoms. The maximum Gasteiger partial charge on any atom is 0.253 e. The van der Waals surface area contributed by atoms with Crippen LogP contribution in [-0.2, 0) is 4.79 Å². The lowest BCUT2D eigenvalue weighted by Gasteiger charge is -2.11. The summed E-state index contributed by atoms with van der Waals surface area (Å²) in [5.74, 6) is -0.427. The summed E-state index contributed by atoms with van der Waals surface area (Å²) in [5, 5.41) is 5.53. The molecule has 0 radical (unpaired) electrons. The summed E-state index contributed by atoms with van der Waals surface area (Å²) in [6.45, 7) is 0.434. The normalized spacial score (nSPS) is 18.9. The van der Waals surface area contributed by atoms with Crippen molar-refractivity contribution in [1.29, 1.82) is 0 Å². The van der Waals surface area contributed by atoms with Crippen LogP contribution in [0.25, 0.3) is 0 Å². The van der Waals surface area contributed by atoms with Crippen molar-refractivity contribution in [2.75, 3.05) is 12.3 Å². The first kappa shape index (κ1) is 11.7. The van der Waals surface area contributed by atoms with Gasteiger partial charge in [0, 0.05) is 13.0 Å². The van der Waals surface area contributed by atoms with Gasteiger partial charge in [-0.25, -0.2) is 4.98 Å². The van der Waals surface area contributed by atoms with Gasteiger partial charge in [-0.3, -0.25) is 9.59 Å². The number of anilines is 1. The first-order chi connectivity index (χ1) is 8.06. The molecule has 1 saturated heterocycles. The van der Waals surface area contributed by atoms with E-state index in [-0.39, 0.29) is 40.7 Å². The molecule has 7 heteroatoms. The molecule has 1 aliphatic heterocycles. The van der Waals surface area contributed by atoms with Gasteiger partial charge < -0.3 is 16.4 Å². The SMILES string of the molecule is Nc1cnc(Cl)cc1C(=O)NC1CNC(=O)C1. The van der Waals surface area contributed by atoms with Gasteiger partial charge in [-0.15, -0.1) is 0 Å². The Morgan fingerprint density at radius 3 is 3.06 bits per heavy atom. The summed E-state index contributed by atoms with van der Waals surface area (Å²) >= 11 is 5.69. The molecule has 1 atom stereocenters. The first-order valence-electron chi connectivity index (χ1n) is 5.05. The van der Waals surface area contributed by atoms with Crippen LogP contribution in [-0.4, -0.2) is 29.4 Å². The van der Waals surface area contributed by atoms with Crippen LogP contribution in [0, 0.1) is 0 Å². The predicted molar refractivity (Wildman–Crippen MR) is 62.5 cm³/mol. The average molecular weight is 255 g/mol. The molecular weight excluding hydrogens is 244 g/mol. The standard InChI is InChI=1S/C10H11ClN4O2/c11-8-2-6(7(12)4-13-8)10(17)15-5-1-9(16)14-3-5/h2,4-5H,1,3,12H2,(H,14,16)(H,15,17). The number of aromatic nitrogens is 1. The number of nitrogens with zero attached hydrogens (tertiary/aromatic N) is 1. The van der Waals surface area contributed by atoms with E-state index in [0.717, 1.165) is 0 Å². The number of hydrogen-bond donors (Lipinski definition) is 3. The van der Waals surface area contributed by atoms with Crippen molar-refractivity contribution in [3.63, 3.8) is 0 Å². The number of pyridine rings is 1. The smallest absolute Gasteiger partial charge is 0.253 e. The third kappa shape index (κ3) is 2.65. The van der Waals surface area contributed by atoms with Gasteiger partial charge >= 0.3 is 0 Å². The molecular formula is C10H11ClN4O2. The number of nitrogen functional groups attached to an aromatic ring is 1. The van der Waals surface area contributed by atoms with E-state index in [2.05, 4.69) is 15.6 Å². The minimum Gasteiger partial charge on any atom is -0.397 e. The molecule has 1 unspecified atom stereocenters. The van der Waals surface area contributed by atoms with Gasteiger partial charge in [0.05, 0.1) is 23.5 Å². The second-order valence-electron chi connectivity index (χ2n) is 3.77. The number of amides is 2. The molecule has 0 bridgehead atoms. The quantitative estimate of drug-likeness (QED) is 0.644. The van der Waals surface area contributed by atoms with Crippen LogP contribution in [0.15, 0.2) is 12.3 Å². The van der Waals surface area contributed by atoms with Crippen molar-refractivity contribution in [3.8, 4) is 0 Å². The number of carbonyl (C=O) groups is 2. The molecule has 2 rings (SSSR count). The number of nitrogens with one attached hydrogen (secondary N) is 2. The van der Waals surface area contributed by atoms with E-state index in [0.29, 0.717) is 6.54 Å². The van der Waals surface area contributed by atoms with Crippen LogP contribution in [0.2, 0.25) is 5.15 Å². The summed E-state index contributed by atoms with van der Waals surface area (Å²) in [6, 6.07) is 1.19. The third-order valence-electron chi connectivity index (χ3n) is 2.46. The van der Waals surface area contributed by atoms with Crippen molar-refractivity contribution < 1.29 is 9.59 Å². The van der Waals surface area contributed by atoms with Gasteiger partial charge in [-0.05, 0) is 6.07 Å². The van der Waals surface area contributed by atoms with E-state index in [9.17, 15) is 9.59 Å². The second kappa shape index (κ2) is 4.58. The van der Waals surface area contributed by atoms with Crippen LogP contribution < -0.4 is 16.4 Å². The molecule has 4 N–H and O–H groups in total. The van der Waals surface area contributed by atoms with Crippen molar-refractivity contribution in [3.05, 3.63) is 23.0 Å². The Hall–Kier alpha value is -1.82. The Morgan fingerprint density at radius 2 is 2.41 bits per heavy atom. The lowest BCUT2D eigenvalue weighted by Crippen LogP contribution is -2.36. The van der Waals surface area contributed by atoms with E-state index in [4.69, 9.17) is 17.3 Å². The molecule has 1 aromatic rings. The number of hydrogen-bond acceptors (Lipinski definition) is 4. The summed E-state index contributed by atoms with van der Waals surface area (Å²) in [6.07, 6.45) is 1.61. The van der Waals surface area contributed by atoms with Crippen molar-refractivity contribution >= 4 is 29.1 Å². The molecule has 1 aliphatic rings. The highest BCUT2D eigenvalue weighted by molar-refractivity contribution is 6.29. The molecule has 2 amide bonds. The maximum absolute atomic E-state index is 11.9. The largest absolute Gasteiger partial charge is 0.397 e. The fourth-order valence-electron chi connectivity index (χ4n) is 1.61. The molecule has 0 saturated carbocycles. The predicted octanol–water partition coefficient (Wildman–Crippen LogP) is -0.0645. The number of halogens is 1. The molecule has 90 valence electrons. The van der Waals surface area contributed by atoms with Gasteiger partial charge in [-0.1, -0.05) is 11.6 Å². The lowest BCUT2D eigenvalue weighted by atomic mass is 10.2. The highest BCUT2D eigenvalue weighted by Gasteiger charge is 2.24. The molecule has 1 aromatic heterocycles. The van der Waals surface area contributed by atoms with Gasteiger partial charge in [0.1, 0.15) is 5.15 Å². The molecule has 0 aromatic carbocycles. The van der Waals surface area contributed by atoms with Gasteiger partial charge in [-0.2, -0.15) is 0 Å². The fourth-order valence-corrected chi connectivity index (χ4v) is 1.77. The van der Waals surface area contributed by atoms with Crippen LogP contribution in [0.3, 0.4) is 0 Å². The zero-order valence-electron chi connectivity index (χ0n) is 8.87. The van der Waals surface area contributed by atoms with E-state index in [1.54, 1.807) is 0 Å². The van der Waals surface area contributed by atoms with E-state index >= 15 is 0 Å². The monoisotopic (exact) mass is 254 g/mol. The molecule has 1 fully saturated rings. The maximum atomic E-state index is 11.9. The summed E-state index contributed by atoms with van der Waals surface area (Å²) in [5.41, 5.74) is 6.15. The Bertz CT molecular complexity index is 477. The minimum absolute atomic E-state index is 0.0731. The summed E-state index contributed by atoms with van der Waals surface area (Å²) < 4.78 is 0. The Kier molecular flexibility index (Phi) is 3.14. The Morgan fingerprint density at radius 1 is 1.65 bits per heavy atom. The number of nitrogens with two attached hydrogens (primary N) is 1. The highest BCUT2D eigenvalue weighted by Crippen LogP contribution is 2.15. The van der Waals surface area contributed by atoms with E-state index in [1.165, 1.54) is 12.3 Å². The van der Waals surface area contributed by atoms with Gasteiger partial charge in [0.15, 0.2) is 0 Å². The second-order valence-corrected chi connectivity index (χ2v) is 4.16. The molecule has 2 heterocycles. The van der Waals surface area contributed by atoms with E-state index < -0.39 is 0 Å². The number of rotatable bonds is 2. The average Bonchev–Trinajstić information content (AvgIpc) is 2.67. The van der Waals surface area contributed by atoms with E-state index in [1.807, 2.05) is 0 Å². The van der Waals surface area contributed by atoms with Gasteiger partial charge in [0.2, 0.25) is 5.91 Å². The first-order valence-corrected chi connectivity index (χ1v) is 5.42. The molecule has 0 aliphatic carbocycles. The van der Waals surface area contributed by atoms with Crippen molar-refractivity contribution in [1.82, 2.24) is 15.6 Å². The molecule has 0 spiro atoms. The third-order valence-corrected chi connectivity index (χ3v) is 2.67. The number of carbonyl (C=O) groups excluding carboxylic acids is 2. The summed E-state index contributed by atoms with van der Waals surface area (Å²) in [7, 11) is 0. The fraction of sp³-hybridized carbons (Fsp3) is 0.300. The Balaban J connectivity index is 2.09. The van der Waals surface area contributed by atoms with Crippen LogP contribution in [0.5, 0.6) is 0 Å². The van der Waals surface area contributed by atoms with Crippen molar-refractivity contribution in [2.24, 2.45) is 0 Å². The topological polar surface area (TPSA) is 97.1 Å². The molecule has 6 nitrogen and oxygen atoms in total. The van der Waals surface area contributed by atoms with Crippen LogP contribution in [0.4, 0.5) is 5.69 Å². The zero-order chi connectivity index (χ0) is 12.4. The zero-order valence-corrected chi connectivity index (χ0v) is 9.62. The van der Waals surface area contributed by atoms with Crippen LogP contribution in [0.1, 0.15) is 16.8 Å². The lowest BCUT2D eigenvalue weighted by molar-refractivity contribution is -0.119. The summed E-state index contributed by atoms with van der Waals surface area (Å²) in [4.78, 5) is 26.6.